The Bertz CT molecular complexity index is 161. The first kappa shape index (κ1) is 11.0. The van der Waals surface area contributed by atoms with Gasteiger partial charge >= 0.3 is 5.97 Å². The molecule has 0 aliphatic carbocycles. The Morgan fingerprint density at radius 2 is 2.09 bits per heavy atom. The Kier molecular flexibility index (Phi) is 4.84. The molecule has 0 aromatic heterocycles. The molecule has 0 heterocycles. The van der Waals surface area contributed by atoms with Gasteiger partial charge in [0.05, 0.1) is 0 Å². The first-order valence-electron chi connectivity index (χ1n) is 2.49. The summed E-state index contributed by atoms with van der Waals surface area (Å²) < 4.78 is 2.47. The minimum absolute atomic E-state index is 0.691. The Morgan fingerprint density at radius 1 is 1.55 bits per heavy atom. The fourth-order valence-electron chi connectivity index (χ4n) is 0.274. The zero-order valence-electron chi connectivity index (χ0n) is 5.26. The Hall–Kier alpha value is 0.0400. The molecule has 0 radical (unpaired) electrons. The van der Waals surface area contributed by atoms with Crippen LogP contribution in [0, 0.1) is 0 Å². The van der Waals surface area contributed by atoms with E-state index in [-0.39, 0.29) is 0 Å². The minimum atomic E-state index is -1.62. The molecular formula is C5H5Cl3O3. The molecule has 0 saturated heterocycles. The molecule has 0 aromatic rings. The molecule has 0 bridgehead atoms. The number of esters is 1. The highest BCUT2D eigenvalue weighted by molar-refractivity contribution is 6.69. The number of carbonyl (C=O) groups excluding carboxylic acids is 1. The fraction of sp³-hybridized carbons (Fsp3) is 0.400. The third-order valence-corrected chi connectivity index (χ3v) is 0.993. The van der Waals surface area contributed by atoms with Crippen LogP contribution in [0.3, 0.4) is 0 Å². The van der Waals surface area contributed by atoms with E-state index < -0.39 is 16.6 Å². The molecule has 0 aliphatic heterocycles. The molecule has 0 unspecified atom stereocenters. The van der Waals surface area contributed by atoms with Crippen molar-refractivity contribution in [3.05, 3.63) is 12.2 Å². The normalized spacial score (nSPS) is 12.0. The number of allylic oxidation sites excluding steroid dienone is 1. The summed E-state index contributed by atoms with van der Waals surface area (Å²) in [6.07, 6.45) is 1.94. The maximum atomic E-state index is 10.4. The number of hydrogen-bond donors (Lipinski definition) is 1. The van der Waals surface area contributed by atoms with Crippen LogP contribution < -0.4 is 0 Å². The van der Waals surface area contributed by atoms with Gasteiger partial charge < -0.3 is 9.84 Å². The second-order valence-electron chi connectivity index (χ2n) is 1.47. The number of ether oxygens (including phenoxy) is 1. The Labute approximate surface area is 78.5 Å². The number of carbonyl (C=O) groups is 1. The second-order valence-corrected chi connectivity index (χ2v) is 3.84. The van der Waals surface area contributed by atoms with Gasteiger partial charge in [-0.2, -0.15) is 0 Å². The van der Waals surface area contributed by atoms with Crippen molar-refractivity contribution in [1.82, 2.24) is 0 Å². The number of hydrogen-bond acceptors (Lipinski definition) is 3. The fourth-order valence-corrected chi connectivity index (χ4v) is 0.463. The van der Waals surface area contributed by atoms with E-state index >= 15 is 0 Å². The van der Waals surface area contributed by atoms with Crippen LogP contribution in [-0.2, 0) is 9.53 Å². The monoisotopic (exact) mass is 218 g/mol. The van der Waals surface area contributed by atoms with Gasteiger partial charge in [-0.3, -0.25) is 0 Å². The predicted molar refractivity (Wildman–Crippen MR) is 42.6 cm³/mol. The van der Waals surface area contributed by atoms with Crippen LogP contribution in [0.2, 0.25) is 0 Å². The molecule has 11 heavy (non-hydrogen) atoms. The van der Waals surface area contributed by atoms with Crippen molar-refractivity contribution in [1.29, 1.82) is 0 Å². The second kappa shape index (κ2) is 4.83. The molecule has 0 fully saturated rings. The first-order valence-corrected chi connectivity index (χ1v) is 3.62. The third-order valence-electron chi connectivity index (χ3n) is 0.615. The molecule has 0 spiro atoms. The van der Waals surface area contributed by atoms with Gasteiger partial charge in [0.1, 0.15) is 0 Å². The molecule has 0 amide bonds. The van der Waals surface area contributed by atoms with Crippen LogP contribution >= 0.6 is 34.8 Å². The summed E-state index contributed by atoms with van der Waals surface area (Å²) in [6, 6.07) is 0. The zero-order valence-corrected chi connectivity index (χ0v) is 7.53. The van der Waals surface area contributed by atoms with Crippen LogP contribution in [0.4, 0.5) is 0 Å². The third kappa shape index (κ3) is 7.94. The summed E-state index contributed by atoms with van der Waals surface area (Å²) >= 11 is 15.8. The molecule has 0 aliphatic rings. The number of rotatable bonds is 2. The van der Waals surface area contributed by atoms with Crippen LogP contribution in [0.15, 0.2) is 12.2 Å². The predicted octanol–water partition coefficient (Wildman–Crippen LogP) is 1.41. The van der Waals surface area contributed by atoms with Crippen molar-refractivity contribution in [3.8, 4) is 0 Å². The maximum Gasteiger partial charge on any atom is 0.332 e. The molecule has 0 saturated carbocycles. The lowest BCUT2D eigenvalue weighted by atomic mass is 10.5. The summed E-state index contributed by atoms with van der Waals surface area (Å²) in [4.78, 5) is 10.4. The van der Waals surface area contributed by atoms with Crippen molar-refractivity contribution < 1.29 is 14.6 Å². The maximum absolute atomic E-state index is 10.4. The van der Waals surface area contributed by atoms with Gasteiger partial charge in [0.2, 0.25) is 3.79 Å². The van der Waals surface area contributed by atoms with Gasteiger partial charge in [0.25, 0.3) is 0 Å². The largest absolute Gasteiger partial charge is 0.436 e. The first-order chi connectivity index (χ1) is 4.95. The van der Waals surface area contributed by atoms with Crippen molar-refractivity contribution in [2.75, 3.05) is 6.79 Å². The van der Waals surface area contributed by atoms with Gasteiger partial charge in [-0.05, 0) is 6.08 Å². The van der Waals surface area contributed by atoms with Crippen LogP contribution in [0.1, 0.15) is 0 Å². The van der Waals surface area contributed by atoms with Crippen molar-refractivity contribution in [2.45, 2.75) is 3.79 Å². The number of aliphatic hydroxyl groups is 1. The van der Waals surface area contributed by atoms with E-state index in [1.807, 2.05) is 0 Å². The average molecular weight is 219 g/mol. The smallest absolute Gasteiger partial charge is 0.332 e. The lowest BCUT2D eigenvalue weighted by Gasteiger charge is -2.01. The molecule has 0 atom stereocenters. The molecule has 0 rings (SSSR count). The van der Waals surface area contributed by atoms with Crippen molar-refractivity contribution >= 4 is 40.8 Å². The summed E-state index contributed by atoms with van der Waals surface area (Å²) in [5.74, 6) is -0.765. The molecule has 1 N–H and O–H groups in total. The molecule has 3 nitrogen and oxygen atoms in total. The van der Waals surface area contributed by atoms with E-state index in [1.54, 1.807) is 0 Å². The van der Waals surface area contributed by atoms with Crippen LogP contribution in [-0.4, -0.2) is 21.7 Å². The number of aliphatic hydroxyl groups excluding tert-OH is 1. The van der Waals surface area contributed by atoms with E-state index in [9.17, 15) is 4.79 Å². The van der Waals surface area contributed by atoms with E-state index in [0.717, 1.165) is 12.2 Å². The highest BCUT2D eigenvalue weighted by Gasteiger charge is 2.14. The van der Waals surface area contributed by atoms with E-state index in [0.29, 0.717) is 0 Å². The summed E-state index contributed by atoms with van der Waals surface area (Å²) in [5.41, 5.74) is 0. The van der Waals surface area contributed by atoms with E-state index in [2.05, 4.69) is 4.74 Å². The van der Waals surface area contributed by atoms with E-state index in [4.69, 9.17) is 39.9 Å². The average Bonchev–Trinajstić information content (AvgIpc) is 1.83. The Balaban J connectivity index is 3.83. The van der Waals surface area contributed by atoms with Gasteiger partial charge in [0.15, 0.2) is 6.79 Å². The minimum Gasteiger partial charge on any atom is -0.436 e. The van der Waals surface area contributed by atoms with Gasteiger partial charge in [-0.1, -0.05) is 34.8 Å². The SMILES string of the molecule is O=C(/C=C/C(Cl)(Cl)Cl)OCO. The van der Waals surface area contributed by atoms with Gasteiger partial charge in [-0.15, -0.1) is 0 Å². The van der Waals surface area contributed by atoms with Crippen LogP contribution in [0.5, 0.6) is 0 Å². The van der Waals surface area contributed by atoms with E-state index in [1.165, 1.54) is 0 Å². The molecule has 0 aromatic carbocycles. The molecular weight excluding hydrogens is 214 g/mol. The topological polar surface area (TPSA) is 46.5 Å². The standard InChI is InChI=1S/C5H5Cl3O3/c6-5(7,8)2-1-4(10)11-3-9/h1-2,9H,3H2/b2-1+. The van der Waals surface area contributed by atoms with Crippen LogP contribution in [0.25, 0.3) is 0 Å². The summed E-state index contributed by atoms with van der Waals surface area (Å²) in [6.45, 7) is -0.691. The highest BCUT2D eigenvalue weighted by Crippen LogP contribution is 2.27. The number of halogens is 3. The van der Waals surface area contributed by atoms with Crippen molar-refractivity contribution in [3.63, 3.8) is 0 Å². The number of alkyl halides is 3. The lowest BCUT2D eigenvalue weighted by molar-refractivity contribution is -0.145. The molecule has 64 valence electrons. The molecule has 6 heteroatoms. The van der Waals surface area contributed by atoms with Gasteiger partial charge in [-0.25, -0.2) is 4.79 Å². The highest BCUT2D eigenvalue weighted by atomic mass is 35.6. The quantitative estimate of drug-likeness (QED) is 0.331. The summed E-state index contributed by atoms with van der Waals surface area (Å²) in [7, 11) is 0. The summed E-state index contributed by atoms with van der Waals surface area (Å²) in [5, 5.41) is 8.09. The van der Waals surface area contributed by atoms with Crippen molar-refractivity contribution in [2.24, 2.45) is 0 Å². The lowest BCUT2D eigenvalue weighted by Crippen LogP contribution is -2.03. The zero-order chi connectivity index (χ0) is 8.91. The van der Waals surface area contributed by atoms with Gasteiger partial charge in [0, 0.05) is 6.08 Å². The Morgan fingerprint density at radius 3 is 2.45 bits per heavy atom.